The number of aromatic hydroxyl groups is 1. The lowest BCUT2D eigenvalue weighted by atomic mass is 9.98. The maximum atomic E-state index is 9.85. The molecule has 98 valence electrons. The highest BCUT2D eigenvalue weighted by atomic mass is 16.3. The summed E-state index contributed by atoms with van der Waals surface area (Å²) < 4.78 is 0. The van der Waals surface area contributed by atoms with E-state index in [0.29, 0.717) is 5.75 Å². The van der Waals surface area contributed by atoms with Crippen molar-refractivity contribution in [3.8, 4) is 5.75 Å². The molecule has 1 fully saturated rings. The van der Waals surface area contributed by atoms with Crippen molar-refractivity contribution in [2.45, 2.75) is 19.9 Å². The van der Waals surface area contributed by atoms with Crippen LogP contribution in [-0.4, -0.2) is 36.2 Å². The van der Waals surface area contributed by atoms with E-state index in [9.17, 15) is 5.11 Å². The lowest BCUT2D eigenvalue weighted by molar-refractivity contribution is 0.203. The summed E-state index contributed by atoms with van der Waals surface area (Å²) in [4.78, 5) is 2.43. The quantitative estimate of drug-likeness (QED) is 0.802. The molecule has 1 aliphatic rings. The number of benzene rings is 1. The Labute approximate surface area is 109 Å². The monoisotopic (exact) mass is 246 g/mol. The van der Waals surface area contributed by atoms with Crippen LogP contribution in [0.2, 0.25) is 0 Å². The van der Waals surface area contributed by atoms with Crippen LogP contribution in [0.5, 0.6) is 5.75 Å². The van der Waals surface area contributed by atoms with Crippen molar-refractivity contribution in [1.29, 1.82) is 0 Å². The zero-order valence-electron chi connectivity index (χ0n) is 11.2. The molecular formula is C15H22N2O. The minimum atomic E-state index is 0.241. The van der Waals surface area contributed by atoms with Gasteiger partial charge in [-0.05, 0) is 30.5 Å². The first kappa shape index (κ1) is 13.1. The number of nitrogens with one attached hydrogen (secondary N) is 1. The van der Waals surface area contributed by atoms with Gasteiger partial charge in [0.25, 0.3) is 0 Å². The van der Waals surface area contributed by atoms with Crippen LogP contribution in [0, 0.1) is 13.8 Å². The van der Waals surface area contributed by atoms with Gasteiger partial charge in [-0.1, -0.05) is 18.2 Å². The second kappa shape index (κ2) is 5.55. The minimum absolute atomic E-state index is 0.241. The van der Waals surface area contributed by atoms with E-state index in [4.69, 9.17) is 0 Å². The van der Waals surface area contributed by atoms with Gasteiger partial charge in [-0.15, -0.1) is 6.58 Å². The molecule has 0 radical (unpaired) electrons. The Morgan fingerprint density at radius 2 is 1.83 bits per heavy atom. The molecule has 1 heterocycles. The van der Waals surface area contributed by atoms with Crippen molar-refractivity contribution in [3.63, 3.8) is 0 Å². The second-order valence-electron chi connectivity index (χ2n) is 4.97. The molecule has 18 heavy (non-hydrogen) atoms. The van der Waals surface area contributed by atoms with E-state index in [1.807, 2.05) is 19.9 Å². The standard InChI is InChI=1S/C15H22N2O/c1-4-14(17-7-5-16-6-8-17)13-9-11(2)15(18)12(3)10-13/h4,9-10,14,16,18H,1,5-8H2,2-3H3/t14-/m1/s1. The molecule has 1 aromatic rings. The van der Waals surface area contributed by atoms with Gasteiger partial charge in [0.2, 0.25) is 0 Å². The Bertz CT molecular complexity index is 413. The SMILES string of the molecule is C=C[C@H](c1cc(C)c(O)c(C)c1)N1CCNCC1. The van der Waals surface area contributed by atoms with Gasteiger partial charge in [0.15, 0.2) is 0 Å². The van der Waals surface area contributed by atoms with Crippen molar-refractivity contribution in [2.24, 2.45) is 0 Å². The van der Waals surface area contributed by atoms with E-state index in [2.05, 4.69) is 28.9 Å². The lowest BCUT2D eigenvalue weighted by Crippen LogP contribution is -2.44. The average Bonchev–Trinajstić information content (AvgIpc) is 2.38. The van der Waals surface area contributed by atoms with E-state index >= 15 is 0 Å². The van der Waals surface area contributed by atoms with Crippen molar-refractivity contribution in [3.05, 3.63) is 41.5 Å². The predicted octanol–water partition coefficient (Wildman–Crippen LogP) is 2.14. The first-order valence-electron chi connectivity index (χ1n) is 6.51. The molecule has 3 heteroatoms. The molecule has 2 N–H and O–H groups in total. The van der Waals surface area contributed by atoms with Crippen LogP contribution in [0.4, 0.5) is 0 Å². The largest absolute Gasteiger partial charge is 0.507 e. The van der Waals surface area contributed by atoms with Crippen molar-refractivity contribution in [1.82, 2.24) is 10.2 Å². The van der Waals surface area contributed by atoms with Gasteiger partial charge < -0.3 is 10.4 Å². The molecule has 1 saturated heterocycles. The third kappa shape index (κ3) is 2.57. The third-order valence-electron chi connectivity index (χ3n) is 3.62. The second-order valence-corrected chi connectivity index (χ2v) is 4.97. The van der Waals surface area contributed by atoms with Crippen LogP contribution in [0.15, 0.2) is 24.8 Å². The number of hydrogen-bond donors (Lipinski definition) is 2. The summed E-state index contributed by atoms with van der Waals surface area (Å²) in [7, 11) is 0. The first-order valence-corrected chi connectivity index (χ1v) is 6.51. The number of nitrogens with zero attached hydrogens (tertiary/aromatic N) is 1. The molecular weight excluding hydrogens is 224 g/mol. The molecule has 0 amide bonds. The van der Waals surface area contributed by atoms with Crippen LogP contribution < -0.4 is 5.32 Å². The van der Waals surface area contributed by atoms with Gasteiger partial charge in [0, 0.05) is 26.2 Å². The molecule has 0 bridgehead atoms. The summed E-state index contributed by atoms with van der Waals surface area (Å²) in [5, 5.41) is 13.2. The summed E-state index contributed by atoms with van der Waals surface area (Å²) in [6.45, 7) is 12.0. The lowest BCUT2D eigenvalue weighted by Gasteiger charge is -2.33. The number of phenols is 1. The van der Waals surface area contributed by atoms with Gasteiger partial charge in [-0.25, -0.2) is 0 Å². The summed E-state index contributed by atoms with van der Waals surface area (Å²) in [5.74, 6) is 0.405. The fraction of sp³-hybridized carbons (Fsp3) is 0.467. The fourth-order valence-corrected chi connectivity index (χ4v) is 2.62. The van der Waals surface area contributed by atoms with Gasteiger partial charge in [0.1, 0.15) is 5.75 Å². The van der Waals surface area contributed by atoms with Gasteiger partial charge in [0.05, 0.1) is 6.04 Å². The van der Waals surface area contributed by atoms with Gasteiger partial charge >= 0.3 is 0 Å². The van der Waals surface area contributed by atoms with Crippen LogP contribution in [0.25, 0.3) is 0 Å². The normalized spacial score (nSPS) is 18.6. The van der Waals surface area contributed by atoms with Crippen LogP contribution in [0.3, 0.4) is 0 Å². The summed E-state index contributed by atoms with van der Waals surface area (Å²) in [5.41, 5.74) is 3.10. The summed E-state index contributed by atoms with van der Waals surface area (Å²) in [6.07, 6.45) is 2.00. The molecule has 0 saturated carbocycles. The smallest absolute Gasteiger partial charge is 0.121 e. The van der Waals surface area contributed by atoms with E-state index in [-0.39, 0.29) is 6.04 Å². The third-order valence-corrected chi connectivity index (χ3v) is 3.62. The van der Waals surface area contributed by atoms with Crippen molar-refractivity contribution < 1.29 is 5.11 Å². The Hall–Kier alpha value is -1.32. The Kier molecular flexibility index (Phi) is 4.04. The van der Waals surface area contributed by atoms with Crippen LogP contribution in [-0.2, 0) is 0 Å². The number of hydrogen-bond acceptors (Lipinski definition) is 3. The molecule has 0 unspecified atom stereocenters. The highest BCUT2D eigenvalue weighted by molar-refractivity contribution is 5.43. The number of rotatable bonds is 3. The molecule has 2 rings (SSSR count). The first-order chi connectivity index (χ1) is 8.63. The Morgan fingerprint density at radius 3 is 2.33 bits per heavy atom. The average molecular weight is 246 g/mol. The van der Waals surface area contributed by atoms with E-state index in [1.165, 1.54) is 5.56 Å². The number of phenolic OH excluding ortho intramolecular Hbond substituents is 1. The summed E-state index contributed by atoms with van der Waals surface area (Å²) in [6, 6.07) is 4.37. The predicted molar refractivity (Wildman–Crippen MR) is 75.0 cm³/mol. The van der Waals surface area contributed by atoms with Crippen molar-refractivity contribution >= 4 is 0 Å². The molecule has 1 atom stereocenters. The highest BCUT2D eigenvalue weighted by Gasteiger charge is 2.20. The highest BCUT2D eigenvalue weighted by Crippen LogP contribution is 2.29. The van der Waals surface area contributed by atoms with E-state index in [0.717, 1.165) is 37.3 Å². The molecule has 3 nitrogen and oxygen atoms in total. The Balaban J connectivity index is 2.29. The maximum absolute atomic E-state index is 9.85. The maximum Gasteiger partial charge on any atom is 0.121 e. The zero-order valence-corrected chi connectivity index (χ0v) is 11.2. The van der Waals surface area contributed by atoms with E-state index < -0.39 is 0 Å². The molecule has 1 aliphatic heterocycles. The number of aryl methyl sites for hydroxylation is 2. The Morgan fingerprint density at radius 1 is 1.28 bits per heavy atom. The van der Waals surface area contributed by atoms with Gasteiger partial charge in [-0.3, -0.25) is 4.90 Å². The molecule has 0 aliphatic carbocycles. The van der Waals surface area contributed by atoms with Crippen LogP contribution in [0.1, 0.15) is 22.7 Å². The molecule has 1 aromatic carbocycles. The van der Waals surface area contributed by atoms with Crippen LogP contribution >= 0.6 is 0 Å². The van der Waals surface area contributed by atoms with Crippen molar-refractivity contribution in [2.75, 3.05) is 26.2 Å². The summed E-state index contributed by atoms with van der Waals surface area (Å²) >= 11 is 0. The number of piperazine rings is 1. The topological polar surface area (TPSA) is 35.5 Å². The molecule has 0 aromatic heterocycles. The van der Waals surface area contributed by atoms with E-state index in [1.54, 1.807) is 0 Å². The van der Waals surface area contributed by atoms with Gasteiger partial charge in [-0.2, -0.15) is 0 Å². The minimum Gasteiger partial charge on any atom is -0.507 e. The molecule has 0 spiro atoms. The zero-order chi connectivity index (χ0) is 13.1. The fourth-order valence-electron chi connectivity index (χ4n) is 2.62.